The summed E-state index contributed by atoms with van der Waals surface area (Å²) in [6.07, 6.45) is 0.767. The third-order valence-electron chi connectivity index (χ3n) is 6.01. The number of fused-ring (bicyclic) bond motifs is 1. The zero-order valence-electron chi connectivity index (χ0n) is 18.7. The lowest BCUT2D eigenvalue weighted by atomic mass is 10.1. The van der Waals surface area contributed by atoms with Crippen LogP contribution in [0.4, 0.5) is 5.69 Å². The van der Waals surface area contributed by atoms with Crippen LogP contribution in [0.1, 0.15) is 33.5 Å². The van der Waals surface area contributed by atoms with Gasteiger partial charge in [-0.05, 0) is 38.0 Å². The third kappa shape index (κ3) is 5.29. The highest BCUT2D eigenvalue weighted by Crippen LogP contribution is 2.19. The lowest BCUT2D eigenvalue weighted by Crippen LogP contribution is -3.10. The van der Waals surface area contributed by atoms with Crippen LogP contribution in [0, 0.1) is 20.8 Å². The van der Waals surface area contributed by atoms with E-state index in [1.165, 1.54) is 27.8 Å². The second kappa shape index (κ2) is 9.71. The molecule has 0 saturated carbocycles. The average molecular weight is 450 g/mol. The molecule has 1 aliphatic rings. The number of H-pyrrole nitrogens is 1. The fraction of sp³-hybridized carbons (Fsp3) is 0.320. The number of aryl methyl sites for hydroxylation is 2. The zero-order chi connectivity index (χ0) is 22.7. The Morgan fingerprint density at radius 1 is 1.16 bits per heavy atom. The monoisotopic (exact) mass is 449 g/mol. The quantitative estimate of drug-likeness (QED) is 0.399. The van der Waals surface area contributed by atoms with Crippen molar-refractivity contribution in [3.05, 3.63) is 86.3 Å². The second-order valence-electron chi connectivity index (χ2n) is 8.47. The van der Waals surface area contributed by atoms with Crippen molar-refractivity contribution in [2.24, 2.45) is 0 Å². The first-order chi connectivity index (χ1) is 15.4. The maximum atomic E-state index is 12.7. The number of nitrogens with one attached hydrogen (secondary N) is 3. The van der Waals surface area contributed by atoms with Crippen molar-refractivity contribution >= 4 is 23.4 Å². The molecule has 0 fully saturated rings. The normalized spacial score (nSPS) is 15.3. The Kier molecular flexibility index (Phi) is 6.77. The predicted octanol–water partition coefficient (Wildman–Crippen LogP) is 2.57. The number of aromatic nitrogens is 2. The van der Waals surface area contributed by atoms with Crippen molar-refractivity contribution < 1.29 is 9.69 Å². The van der Waals surface area contributed by atoms with E-state index in [2.05, 4.69) is 46.5 Å². The number of hydrogen-bond acceptors (Lipinski definition) is 4. The maximum absolute atomic E-state index is 12.7. The highest BCUT2D eigenvalue weighted by Gasteiger charge is 2.24. The van der Waals surface area contributed by atoms with Gasteiger partial charge in [-0.1, -0.05) is 53.7 Å². The number of aromatic amines is 1. The summed E-state index contributed by atoms with van der Waals surface area (Å²) in [6.45, 7) is 8.60. The van der Waals surface area contributed by atoms with Gasteiger partial charge in [0.25, 0.3) is 5.56 Å². The number of nitrogens with zero attached hydrogens (tertiary/aromatic N) is 1. The number of benzene rings is 2. The van der Waals surface area contributed by atoms with Gasteiger partial charge >= 0.3 is 0 Å². The summed E-state index contributed by atoms with van der Waals surface area (Å²) in [6, 6.07) is 14.4. The number of carbonyl (C=O) groups is 1. The van der Waals surface area contributed by atoms with Crippen molar-refractivity contribution in [3.8, 4) is 0 Å². The van der Waals surface area contributed by atoms with E-state index in [1.54, 1.807) is 0 Å². The van der Waals surface area contributed by atoms with Crippen molar-refractivity contribution in [1.29, 1.82) is 0 Å². The molecule has 0 aliphatic carbocycles. The molecule has 1 amide bonds. The van der Waals surface area contributed by atoms with Crippen LogP contribution in [0.5, 0.6) is 0 Å². The van der Waals surface area contributed by atoms with Gasteiger partial charge in [0.1, 0.15) is 13.1 Å². The van der Waals surface area contributed by atoms with Crippen molar-refractivity contribution in [2.45, 2.75) is 45.4 Å². The molecule has 0 bridgehead atoms. The van der Waals surface area contributed by atoms with Crippen molar-refractivity contribution in [2.75, 3.05) is 17.6 Å². The Morgan fingerprint density at radius 3 is 2.72 bits per heavy atom. The average Bonchev–Trinajstić information content (AvgIpc) is 2.77. The summed E-state index contributed by atoms with van der Waals surface area (Å²) in [5.41, 5.74) is 7.08. The Bertz CT molecular complexity index is 1190. The number of carbonyl (C=O) groups excluding carboxylic acids is 1. The first-order valence-electron chi connectivity index (χ1n) is 10.9. The number of anilines is 1. The lowest BCUT2D eigenvalue weighted by Gasteiger charge is -2.25. The summed E-state index contributed by atoms with van der Waals surface area (Å²) in [4.78, 5) is 34.0. The number of quaternary nitrogens is 1. The van der Waals surface area contributed by atoms with Crippen LogP contribution in [0.15, 0.2) is 52.4 Å². The molecule has 1 unspecified atom stereocenters. The van der Waals surface area contributed by atoms with E-state index in [0.717, 1.165) is 47.6 Å². The van der Waals surface area contributed by atoms with Gasteiger partial charge in [-0.3, -0.25) is 9.59 Å². The van der Waals surface area contributed by atoms with Gasteiger partial charge in [-0.2, -0.15) is 0 Å². The first-order valence-corrected chi connectivity index (χ1v) is 11.9. The molecule has 1 aliphatic heterocycles. The highest BCUT2D eigenvalue weighted by molar-refractivity contribution is 7.99. The van der Waals surface area contributed by atoms with E-state index in [4.69, 9.17) is 0 Å². The molecule has 6 nitrogen and oxygen atoms in total. The van der Waals surface area contributed by atoms with Crippen LogP contribution >= 0.6 is 11.8 Å². The van der Waals surface area contributed by atoms with Crippen LogP contribution in [0.25, 0.3) is 0 Å². The summed E-state index contributed by atoms with van der Waals surface area (Å²) < 4.78 is 0. The molecule has 2 heterocycles. The summed E-state index contributed by atoms with van der Waals surface area (Å²) in [7, 11) is 0. The van der Waals surface area contributed by atoms with E-state index in [9.17, 15) is 9.59 Å². The van der Waals surface area contributed by atoms with Crippen LogP contribution < -0.4 is 15.8 Å². The smallest absolute Gasteiger partial charge is 0.260 e. The van der Waals surface area contributed by atoms with Gasteiger partial charge in [0, 0.05) is 17.7 Å². The summed E-state index contributed by atoms with van der Waals surface area (Å²) >= 11 is 1.26. The fourth-order valence-corrected chi connectivity index (χ4v) is 4.64. The molecule has 0 spiro atoms. The predicted molar refractivity (Wildman–Crippen MR) is 128 cm³/mol. The molecule has 2 aromatic carbocycles. The Labute approximate surface area is 192 Å². The SMILES string of the molecule is Cc1ccc(C[NH+]2CCc3nc(SCC(=O)Nc4cccc(C)c4C)[nH]c(=O)c3C2)cc1. The molecule has 3 N–H and O–H groups in total. The van der Waals surface area contributed by atoms with Crippen LogP contribution in [0.3, 0.4) is 0 Å². The fourth-order valence-electron chi connectivity index (χ4n) is 3.96. The topological polar surface area (TPSA) is 79.3 Å². The van der Waals surface area contributed by atoms with Gasteiger partial charge in [0.15, 0.2) is 5.16 Å². The number of rotatable bonds is 6. The van der Waals surface area contributed by atoms with E-state index < -0.39 is 0 Å². The van der Waals surface area contributed by atoms with Gasteiger partial charge in [0.2, 0.25) is 5.91 Å². The van der Waals surface area contributed by atoms with Gasteiger partial charge in [-0.15, -0.1) is 0 Å². The second-order valence-corrected chi connectivity index (χ2v) is 9.43. The van der Waals surface area contributed by atoms with Crippen molar-refractivity contribution in [1.82, 2.24) is 9.97 Å². The first kappa shape index (κ1) is 22.3. The number of thioether (sulfide) groups is 1. The minimum absolute atomic E-state index is 0.0893. The van der Waals surface area contributed by atoms with E-state index >= 15 is 0 Å². The number of amides is 1. The molecule has 0 radical (unpaired) electrons. The molecular weight excluding hydrogens is 420 g/mol. The van der Waals surface area contributed by atoms with Crippen molar-refractivity contribution in [3.63, 3.8) is 0 Å². The van der Waals surface area contributed by atoms with Gasteiger partial charge in [-0.25, -0.2) is 4.98 Å². The lowest BCUT2D eigenvalue weighted by molar-refractivity contribution is -0.929. The molecule has 166 valence electrons. The zero-order valence-corrected chi connectivity index (χ0v) is 19.6. The Morgan fingerprint density at radius 2 is 1.94 bits per heavy atom. The molecule has 1 aromatic heterocycles. The molecular formula is C25H29N4O2S+. The maximum Gasteiger partial charge on any atom is 0.260 e. The third-order valence-corrected chi connectivity index (χ3v) is 6.89. The molecule has 3 aromatic rings. The van der Waals surface area contributed by atoms with Crippen LogP contribution in [-0.4, -0.2) is 28.2 Å². The number of hydrogen-bond donors (Lipinski definition) is 3. The van der Waals surface area contributed by atoms with Gasteiger partial charge < -0.3 is 15.2 Å². The van der Waals surface area contributed by atoms with E-state index in [0.29, 0.717) is 11.7 Å². The molecule has 7 heteroatoms. The molecule has 4 rings (SSSR count). The minimum Gasteiger partial charge on any atom is -0.327 e. The highest BCUT2D eigenvalue weighted by atomic mass is 32.2. The largest absolute Gasteiger partial charge is 0.327 e. The van der Waals surface area contributed by atoms with Crippen LogP contribution in [-0.2, 0) is 24.3 Å². The standard InChI is InChI=1S/C25H28N4O2S/c1-16-7-9-19(10-8-16)13-29-12-11-22-20(14-29)24(31)28-25(27-22)32-15-23(30)26-21-6-4-5-17(2)18(21)3/h4-10H,11-15H2,1-3H3,(H,26,30)(H,27,28,31)/p+1. The summed E-state index contributed by atoms with van der Waals surface area (Å²) in [5, 5.41) is 3.45. The Balaban J connectivity index is 1.37. The Hall–Kier alpha value is -2.90. The molecule has 1 atom stereocenters. The van der Waals surface area contributed by atoms with Crippen LogP contribution in [0.2, 0.25) is 0 Å². The summed E-state index contributed by atoms with van der Waals surface area (Å²) in [5.74, 6) is 0.0812. The van der Waals surface area contributed by atoms with E-state index in [-0.39, 0.29) is 17.2 Å². The molecule has 32 heavy (non-hydrogen) atoms. The van der Waals surface area contributed by atoms with Gasteiger partial charge in [0.05, 0.1) is 23.6 Å². The van der Waals surface area contributed by atoms with E-state index in [1.807, 2.05) is 32.0 Å². The minimum atomic E-state index is -0.113. The molecule has 0 saturated heterocycles.